The van der Waals surface area contributed by atoms with Crippen LogP contribution in [-0.2, 0) is 12.0 Å². The second-order valence-electron chi connectivity index (χ2n) is 7.88. The molecule has 0 aliphatic carbocycles. The normalized spacial score (nSPS) is 19.1. The quantitative estimate of drug-likeness (QED) is 0.924. The minimum atomic E-state index is -0.927. The Labute approximate surface area is 148 Å². The molecular weight excluding hydrogens is 316 g/mol. The van der Waals surface area contributed by atoms with Gasteiger partial charge in [0.1, 0.15) is 0 Å². The summed E-state index contributed by atoms with van der Waals surface area (Å²) in [6.07, 6.45) is 9.06. The summed E-state index contributed by atoms with van der Waals surface area (Å²) in [6, 6.07) is 2.47. The van der Waals surface area contributed by atoms with Gasteiger partial charge in [0.25, 0.3) is 0 Å². The van der Waals surface area contributed by atoms with E-state index in [2.05, 4.69) is 41.8 Å². The van der Waals surface area contributed by atoms with E-state index in [1.54, 1.807) is 10.9 Å². The van der Waals surface area contributed by atoms with Crippen molar-refractivity contribution in [1.29, 1.82) is 0 Å². The maximum atomic E-state index is 11.0. The Morgan fingerprint density at radius 1 is 1.32 bits per heavy atom. The number of carboxylic acids is 1. The lowest BCUT2D eigenvalue weighted by molar-refractivity contribution is 0.0696. The van der Waals surface area contributed by atoms with E-state index in [9.17, 15) is 4.79 Å². The van der Waals surface area contributed by atoms with Gasteiger partial charge in [-0.2, -0.15) is 5.10 Å². The second kappa shape index (κ2) is 6.96. The van der Waals surface area contributed by atoms with Crippen LogP contribution in [0.3, 0.4) is 0 Å². The number of piperidine rings is 1. The zero-order valence-electron chi connectivity index (χ0n) is 15.1. The smallest absolute Gasteiger partial charge is 0.338 e. The highest BCUT2D eigenvalue weighted by Crippen LogP contribution is 2.25. The molecule has 0 amide bonds. The highest BCUT2D eigenvalue weighted by molar-refractivity contribution is 5.86. The van der Waals surface area contributed by atoms with Gasteiger partial charge in [0, 0.05) is 31.7 Å². The van der Waals surface area contributed by atoms with Crippen molar-refractivity contribution in [2.24, 2.45) is 0 Å². The second-order valence-corrected chi connectivity index (χ2v) is 7.88. The van der Waals surface area contributed by atoms with E-state index in [-0.39, 0.29) is 17.0 Å². The molecule has 6 nitrogen and oxygen atoms in total. The van der Waals surface area contributed by atoms with Crippen LogP contribution >= 0.6 is 0 Å². The molecule has 134 valence electrons. The van der Waals surface area contributed by atoms with Gasteiger partial charge in [0.05, 0.1) is 17.8 Å². The third-order valence-corrected chi connectivity index (χ3v) is 4.77. The van der Waals surface area contributed by atoms with Crippen LogP contribution in [0.15, 0.2) is 30.9 Å². The van der Waals surface area contributed by atoms with Gasteiger partial charge in [0.15, 0.2) is 0 Å². The standard InChI is InChI=1S/C19H26N4O2/c1-19(2,3)16-7-14(8-20-10-16)11-22-6-4-5-17(13-22)23-12-15(9-21-23)18(24)25/h7-10,12,17H,4-6,11,13H2,1-3H3,(H,24,25). The molecule has 1 atom stereocenters. The molecule has 25 heavy (non-hydrogen) atoms. The highest BCUT2D eigenvalue weighted by Gasteiger charge is 2.23. The molecule has 0 aromatic carbocycles. The number of pyridine rings is 1. The summed E-state index contributed by atoms with van der Waals surface area (Å²) in [4.78, 5) is 17.9. The first-order valence-corrected chi connectivity index (χ1v) is 8.77. The summed E-state index contributed by atoms with van der Waals surface area (Å²) >= 11 is 0. The van der Waals surface area contributed by atoms with E-state index in [1.807, 2.05) is 12.4 Å². The Kier molecular flexibility index (Phi) is 4.90. The molecule has 2 aromatic rings. The number of likely N-dealkylation sites (tertiary alicyclic amines) is 1. The molecule has 1 saturated heterocycles. The largest absolute Gasteiger partial charge is 0.478 e. The van der Waals surface area contributed by atoms with E-state index in [1.165, 1.54) is 17.3 Å². The molecule has 2 aromatic heterocycles. The fourth-order valence-electron chi connectivity index (χ4n) is 3.28. The molecule has 3 heterocycles. The van der Waals surface area contributed by atoms with Gasteiger partial charge in [-0.15, -0.1) is 0 Å². The van der Waals surface area contributed by atoms with E-state index < -0.39 is 5.97 Å². The molecule has 1 unspecified atom stereocenters. The molecule has 1 aliphatic heterocycles. The first-order chi connectivity index (χ1) is 11.8. The Balaban J connectivity index is 1.68. The molecule has 1 aliphatic rings. The summed E-state index contributed by atoms with van der Waals surface area (Å²) in [5.41, 5.74) is 2.81. The molecule has 3 rings (SSSR count). The number of carbonyl (C=O) groups is 1. The minimum Gasteiger partial charge on any atom is -0.478 e. The van der Waals surface area contributed by atoms with Crippen molar-refractivity contribution in [2.45, 2.75) is 51.6 Å². The topological polar surface area (TPSA) is 71.2 Å². The molecule has 1 N–H and O–H groups in total. The minimum absolute atomic E-state index is 0.0930. The van der Waals surface area contributed by atoms with E-state index in [0.29, 0.717) is 0 Å². The van der Waals surface area contributed by atoms with Gasteiger partial charge < -0.3 is 5.11 Å². The molecule has 0 radical (unpaired) electrons. The lowest BCUT2D eigenvalue weighted by atomic mass is 9.87. The SMILES string of the molecule is CC(C)(C)c1cncc(CN2CCCC(n3cc(C(=O)O)cn3)C2)c1. The van der Waals surface area contributed by atoms with Crippen LogP contribution in [0, 0.1) is 0 Å². The average molecular weight is 342 g/mol. The number of nitrogens with zero attached hydrogens (tertiary/aromatic N) is 4. The fourth-order valence-corrected chi connectivity index (χ4v) is 3.28. The molecule has 6 heteroatoms. The van der Waals surface area contributed by atoms with E-state index in [0.717, 1.165) is 32.5 Å². The van der Waals surface area contributed by atoms with E-state index in [4.69, 9.17) is 5.11 Å². The van der Waals surface area contributed by atoms with Gasteiger partial charge in [-0.1, -0.05) is 26.8 Å². The first kappa shape index (κ1) is 17.6. The first-order valence-electron chi connectivity index (χ1n) is 8.77. The summed E-state index contributed by atoms with van der Waals surface area (Å²) in [6.45, 7) is 9.37. The Bertz CT molecular complexity index is 748. The van der Waals surface area contributed by atoms with Crippen molar-refractivity contribution >= 4 is 5.97 Å². The van der Waals surface area contributed by atoms with Gasteiger partial charge in [-0.05, 0) is 35.9 Å². The predicted molar refractivity (Wildman–Crippen MR) is 95.7 cm³/mol. The summed E-state index contributed by atoms with van der Waals surface area (Å²) < 4.78 is 1.80. The van der Waals surface area contributed by atoms with Gasteiger partial charge in [-0.3, -0.25) is 14.6 Å². The molecular formula is C19H26N4O2. The zero-order valence-corrected chi connectivity index (χ0v) is 15.1. The Morgan fingerprint density at radius 3 is 2.80 bits per heavy atom. The van der Waals surface area contributed by atoms with Crippen LogP contribution in [-0.4, -0.2) is 43.8 Å². The van der Waals surface area contributed by atoms with Gasteiger partial charge in [-0.25, -0.2) is 4.79 Å². The molecule has 0 spiro atoms. The van der Waals surface area contributed by atoms with Crippen molar-refractivity contribution in [3.05, 3.63) is 47.5 Å². The lowest BCUT2D eigenvalue weighted by Crippen LogP contribution is -2.36. The third-order valence-electron chi connectivity index (χ3n) is 4.77. The predicted octanol–water partition coefficient (Wildman–Crippen LogP) is 3.11. The van der Waals surface area contributed by atoms with Crippen molar-refractivity contribution in [1.82, 2.24) is 19.7 Å². The van der Waals surface area contributed by atoms with Crippen LogP contribution in [0.25, 0.3) is 0 Å². The number of hydrogen-bond donors (Lipinski definition) is 1. The van der Waals surface area contributed by atoms with Crippen LogP contribution in [0.4, 0.5) is 0 Å². The van der Waals surface area contributed by atoms with Crippen LogP contribution in [0.2, 0.25) is 0 Å². The van der Waals surface area contributed by atoms with Gasteiger partial charge >= 0.3 is 5.97 Å². The Morgan fingerprint density at radius 2 is 2.12 bits per heavy atom. The van der Waals surface area contributed by atoms with Gasteiger partial charge in [0.2, 0.25) is 0 Å². The van der Waals surface area contributed by atoms with Crippen molar-refractivity contribution < 1.29 is 9.90 Å². The molecule has 0 saturated carbocycles. The number of carboxylic acid groups (broad SMARTS) is 1. The number of aromatic carboxylic acids is 1. The maximum Gasteiger partial charge on any atom is 0.338 e. The molecule has 0 bridgehead atoms. The fraction of sp³-hybridized carbons (Fsp3) is 0.526. The monoisotopic (exact) mass is 342 g/mol. The van der Waals surface area contributed by atoms with Crippen LogP contribution in [0.1, 0.15) is 61.1 Å². The number of rotatable bonds is 4. The Hall–Kier alpha value is -2.21. The summed E-state index contributed by atoms with van der Waals surface area (Å²) in [7, 11) is 0. The lowest BCUT2D eigenvalue weighted by Gasteiger charge is -2.33. The van der Waals surface area contributed by atoms with Crippen LogP contribution < -0.4 is 0 Å². The van der Waals surface area contributed by atoms with E-state index >= 15 is 0 Å². The van der Waals surface area contributed by atoms with Crippen LogP contribution in [0.5, 0.6) is 0 Å². The molecule has 1 fully saturated rings. The number of aromatic nitrogens is 3. The number of hydrogen-bond acceptors (Lipinski definition) is 4. The van der Waals surface area contributed by atoms with Crippen molar-refractivity contribution in [2.75, 3.05) is 13.1 Å². The maximum absolute atomic E-state index is 11.0. The highest BCUT2D eigenvalue weighted by atomic mass is 16.4. The average Bonchev–Trinajstić information content (AvgIpc) is 3.05. The summed E-state index contributed by atoms with van der Waals surface area (Å²) in [5, 5.41) is 13.3. The summed E-state index contributed by atoms with van der Waals surface area (Å²) in [5.74, 6) is -0.927. The third kappa shape index (κ3) is 4.25. The van der Waals surface area contributed by atoms with Crippen molar-refractivity contribution in [3.63, 3.8) is 0 Å². The van der Waals surface area contributed by atoms with Crippen molar-refractivity contribution in [3.8, 4) is 0 Å². The zero-order chi connectivity index (χ0) is 18.0.